The van der Waals surface area contributed by atoms with E-state index in [1.165, 1.54) is 0 Å². The summed E-state index contributed by atoms with van der Waals surface area (Å²) in [5, 5.41) is 3.40. The summed E-state index contributed by atoms with van der Waals surface area (Å²) in [5.74, 6) is -1.48. The van der Waals surface area contributed by atoms with E-state index in [2.05, 4.69) is 19.6 Å². The first-order valence-corrected chi connectivity index (χ1v) is 6.96. The van der Waals surface area contributed by atoms with Gasteiger partial charge in [-0.25, -0.2) is 4.98 Å². The number of rotatable bonds is 2. The summed E-state index contributed by atoms with van der Waals surface area (Å²) in [5.41, 5.74) is 2.64. The number of benzene rings is 1. The lowest BCUT2D eigenvalue weighted by molar-refractivity contribution is -0.159. The zero-order valence-electron chi connectivity index (χ0n) is 12.0. The number of hydrogen-bond donors (Lipinski definition) is 0. The lowest BCUT2D eigenvalue weighted by Crippen LogP contribution is -2.04. The van der Waals surface area contributed by atoms with Crippen LogP contribution in [0.4, 0.5) is 13.2 Å². The third kappa shape index (κ3) is 2.51. The van der Waals surface area contributed by atoms with Crippen LogP contribution in [0.3, 0.4) is 0 Å². The molecule has 0 spiro atoms. The molecule has 4 rings (SSSR count). The van der Waals surface area contributed by atoms with E-state index in [0.29, 0.717) is 11.3 Å². The number of alkyl halides is 3. The fraction of sp³-hybridized carbons (Fsp3) is 0.0625. The summed E-state index contributed by atoms with van der Waals surface area (Å²) in [6.45, 7) is 0. The second-order valence-electron chi connectivity index (χ2n) is 5.09. The van der Waals surface area contributed by atoms with Crippen molar-refractivity contribution in [1.82, 2.24) is 19.5 Å². The van der Waals surface area contributed by atoms with E-state index in [0.717, 1.165) is 11.2 Å². The van der Waals surface area contributed by atoms with E-state index in [1.807, 2.05) is 41.1 Å². The molecular formula is C16H9F3N4O. The highest BCUT2D eigenvalue weighted by Gasteiger charge is 2.38. The molecule has 3 aromatic heterocycles. The van der Waals surface area contributed by atoms with E-state index in [1.54, 1.807) is 18.2 Å². The van der Waals surface area contributed by atoms with E-state index < -0.39 is 12.1 Å². The van der Waals surface area contributed by atoms with Crippen LogP contribution in [0.15, 0.2) is 59.4 Å². The Morgan fingerprint density at radius 2 is 1.79 bits per heavy atom. The van der Waals surface area contributed by atoms with Crippen molar-refractivity contribution < 1.29 is 17.7 Å². The first-order chi connectivity index (χ1) is 11.5. The number of nitrogens with zero attached hydrogens (tertiary/aromatic N) is 4. The van der Waals surface area contributed by atoms with Gasteiger partial charge in [-0.1, -0.05) is 29.4 Å². The second-order valence-corrected chi connectivity index (χ2v) is 5.09. The normalized spacial score (nSPS) is 12.0. The number of halogens is 3. The molecule has 1 aromatic carbocycles. The molecule has 8 heteroatoms. The summed E-state index contributed by atoms with van der Waals surface area (Å²) in [6.07, 6.45) is -0.958. The van der Waals surface area contributed by atoms with Crippen LogP contribution in [0.1, 0.15) is 5.89 Å². The molecule has 0 amide bonds. The summed E-state index contributed by atoms with van der Waals surface area (Å²) in [7, 11) is 0. The summed E-state index contributed by atoms with van der Waals surface area (Å²) >= 11 is 0. The first kappa shape index (κ1) is 14.4. The number of pyridine rings is 1. The highest BCUT2D eigenvalue weighted by Crippen LogP contribution is 2.30. The molecule has 0 saturated heterocycles. The van der Waals surface area contributed by atoms with Gasteiger partial charge in [0.15, 0.2) is 0 Å². The van der Waals surface area contributed by atoms with Crippen LogP contribution >= 0.6 is 0 Å². The highest BCUT2D eigenvalue weighted by atomic mass is 19.4. The molecule has 120 valence electrons. The zero-order chi connectivity index (χ0) is 16.7. The fourth-order valence-corrected chi connectivity index (χ4v) is 2.35. The van der Waals surface area contributed by atoms with Crippen molar-refractivity contribution >= 4 is 5.65 Å². The molecule has 0 bridgehead atoms. The number of fused-ring (bicyclic) bond motifs is 1. The average molecular weight is 330 g/mol. The molecule has 0 aliphatic rings. The van der Waals surface area contributed by atoms with Gasteiger partial charge in [-0.2, -0.15) is 18.2 Å². The largest absolute Gasteiger partial charge is 0.471 e. The smallest absolute Gasteiger partial charge is 0.329 e. The van der Waals surface area contributed by atoms with Crippen molar-refractivity contribution in [1.29, 1.82) is 0 Å². The van der Waals surface area contributed by atoms with Gasteiger partial charge < -0.3 is 8.92 Å². The predicted octanol–water partition coefficient (Wildman–Crippen LogP) is 4.07. The average Bonchev–Trinajstić information content (AvgIpc) is 3.21. The van der Waals surface area contributed by atoms with Crippen LogP contribution in [0.2, 0.25) is 0 Å². The maximum atomic E-state index is 12.6. The fourth-order valence-electron chi connectivity index (χ4n) is 2.35. The molecule has 0 unspecified atom stereocenters. The van der Waals surface area contributed by atoms with E-state index in [-0.39, 0.29) is 5.82 Å². The summed E-state index contributed by atoms with van der Waals surface area (Å²) in [4.78, 5) is 7.88. The minimum atomic E-state index is -4.66. The van der Waals surface area contributed by atoms with Gasteiger partial charge in [0.1, 0.15) is 5.65 Å². The standard InChI is InChI=1S/C16H9F3N4O/c17-16(18,19)15-21-14(22-24-15)11-5-3-4-10(8-11)12-9-23-7-2-1-6-13(23)20-12/h1-9H. The Bertz CT molecular complexity index is 986. The lowest BCUT2D eigenvalue weighted by Gasteiger charge is -1.99. The molecule has 0 saturated carbocycles. The van der Waals surface area contributed by atoms with E-state index >= 15 is 0 Å². The minimum absolute atomic E-state index is 0.118. The Kier molecular flexibility index (Phi) is 3.12. The van der Waals surface area contributed by atoms with E-state index in [9.17, 15) is 13.2 Å². The molecule has 24 heavy (non-hydrogen) atoms. The summed E-state index contributed by atoms with van der Waals surface area (Å²) < 4.78 is 43.8. The van der Waals surface area contributed by atoms with Crippen LogP contribution in [0.25, 0.3) is 28.3 Å². The van der Waals surface area contributed by atoms with Gasteiger partial charge >= 0.3 is 12.1 Å². The van der Waals surface area contributed by atoms with Crippen LogP contribution in [-0.2, 0) is 6.18 Å². The summed E-state index contributed by atoms with van der Waals surface area (Å²) in [6, 6.07) is 12.4. The SMILES string of the molecule is FC(F)(F)c1nc(-c2cccc(-c3cn4ccccc4n3)c2)no1. The maximum absolute atomic E-state index is 12.6. The molecular weight excluding hydrogens is 321 g/mol. The molecule has 0 aliphatic heterocycles. The number of imidazole rings is 1. The Hall–Kier alpha value is -3.16. The lowest BCUT2D eigenvalue weighted by atomic mass is 10.1. The van der Waals surface area contributed by atoms with Crippen molar-refractivity contribution in [3.63, 3.8) is 0 Å². The third-order valence-corrected chi connectivity index (χ3v) is 3.45. The molecule has 5 nitrogen and oxygen atoms in total. The van der Waals surface area contributed by atoms with Crippen LogP contribution in [0.5, 0.6) is 0 Å². The molecule has 3 heterocycles. The van der Waals surface area contributed by atoms with Crippen molar-refractivity contribution in [2.45, 2.75) is 6.18 Å². The van der Waals surface area contributed by atoms with E-state index in [4.69, 9.17) is 0 Å². The molecule has 0 aliphatic carbocycles. The van der Waals surface area contributed by atoms with Gasteiger partial charge in [0.25, 0.3) is 0 Å². The van der Waals surface area contributed by atoms with Gasteiger partial charge in [0.2, 0.25) is 5.82 Å². The molecule has 0 fully saturated rings. The topological polar surface area (TPSA) is 56.2 Å². The van der Waals surface area contributed by atoms with Crippen LogP contribution in [0, 0.1) is 0 Å². The Morgan fingerprint density at radius 3 is 2.54 bits per heavy atom. The van der Waals surface area contributed by atoms with Crippen molar-refractivity contribution in [2.75, 3.05) is 0 Å². The predicted molar refractivity (Wildman–Crippen MR) is 78.9 cm³/mol. The van der Waals surface area contributed by atoms with Crippen LogP contribution in [-0.4, -0.2) is 19.5 Å². The van der Waals surface area contributed by atoms with Crippen molar-refractivity contribution in [2.24, 2.45) is 0 Å². The number of aromatic nitrogens is 4. The Morgan fingerprint density at radius 1 is 0.958 bits per heavy atom. The third-order valence-electron chi connectivity index (χ3n) is 3.45. The van der Waals surface area contributed by atoms with Crippen LogP contribution < -0.4 is 0 Å². The molecule has 0 N–H and O–H groups in total. The van der Waals surface area contributed by atoms with Gasteiger partial charge in [-0.05, 0) is 18.2 Å². The highest BCUT2D eigenvalue weighted by molar-refractivity contribution is 5.69. The zero-order valence-corrected chi connectivity index (χ0v) is 12.0. The molecule has 0 atom stereocenters. The van der Waals surface area contributed by atoms with Gasteiger partial charge in [-0.3, -0.25) is 0 Å². The quantitative estimate of drug-likeness (QED) is 0.556. The van der Waals surface area contributed by atoms with Gasteiger partial charge in [-0.15, -0.1) is 0 Å². The molecule has 0 radical (unpaired) electrons. The minimum Gasteiger partial charge on any atom is -0.329 e. The Balaban J connectivity index is 1.74. The van der Waals surface area contributed by atoms with Crippen molar-refractivity contribution in [3.8, 4) is 22.6 Å². The number of hydrogen-bond acceptors (Lipinski definition) is 4. The Labute approximate surface area is 133 Å². The first-order valence-electron chi connectivity index (χ1n) is 6.96. The monoisotopic (exact) mass is 330 g/mol. The molecule has 4 aromatic rings. The van der Waals surface area contributed by atoms with Gasteiger partial charge in [0, 0.05) is 23.5 Å². The maximum Gasteiger partial charge on any atom is 0.471 e. The van der Waals surface area contributed by atoms with Gasteiger partial charge in [0.05, 0.1) is 5.69 Å². The second kappa shape index (κ2) is 5.19. The van der Waals surface area contributed by atoms with Crippen molar-refractivity contribution in [3.05, 3.63) is 60.7 Å².